The van der Waals surface area contributed by atoms with E-state index in [1.165, 1.54) is 32.9 Å². The van der Waals surface area contributed by atoms with Gasteiger partial charge in [-0.3, -0.25) is 0 Å². The molecule has 0 radical (unpaired) electrons. The quantitative estimate of drug-likeness (QED) is 0.153. The molecule has 3 heteroatoms. The Morgan fingerprint density at radius 2 is 0.778 bits per heavy atom. The monoisotopic (exact) mass is 804 g/mol. The summed E-state index contributed by atoms with van der Waals surface area (Å²) in [7, 11) is 0. The Morgan fingerprint density at radius 1 is 0.302 bits per heavy atom. The number of anilines is 3. The number of benzene rings is 10. The third-order valence-electron chi connectivity index (χ3n) is 12.4. The van der Waals surface area contributed by atoms with Gasteiger partial charge in [0.2, 0.25) is 0 Å². The van der Waals surface area contributed by atoms with Crippen LogP contribution in [0.25, 0.3) is 93.9 Å². The number of nitrogens with zero attached hydrogens (tertiary/aromatic N) is 2. The summed E-state index contributed by atoms with van der Waals surface area (Å²) in [5, 5.41) is 4.72. The molecule has 0 aliphatic rings. The largest absolute Gasteiger partial charge is 0.455 e. The van der Waals surface area contributed by atoms with Crippen molar-refractivity contribution in [2.24, 2.45) is 0 Å². The van der Waals surface area contributed by atoms with E-state index in [2.05, 4.69) is 246 Å². The Labute approximate surface area is 366 Å². The normalized spacial score (nSPS) is 11.5. The number of hydrogen-bond acceptors (Lipinski definition) is 2. The molecule has 0 bridgehead atoms. The van der Waals surface area contributed by atoms with Gasteiger partial charge in [0.15, 0.2) is 0 Å². The molecule has 10 aromatic carbocycles. The van der Waals surface area contributed by atoms with Crippen molar-refractivity contribution in [2.75, 3.05) is 4.90 Å². The summed E-state index contributed by atoms with van der Waals surface area (Å²) in [6.45, 7) is 0. The third-order valence-corrected chi connectivity index (χ3v) is 12.4. The van der Waals surface area contributed by atoms with E-state index in [0.29, 0.717) is 0 Å². The van der Waals surface area contributed by atoms with Crippen molar-refractivity contribution in [2.45, 2.75) is 0 Å². The van der Waals surface area contributed by atoms with Crippen LogP contribution in [0, 0.1) is 0 Å². The summed E-state index contributed by atoms with van der Waals surface area (Å²) in [5.74, 6) is 0. The zero-order valence-electron chi connectivity index (χ0n) is 34.4. The van der Waals surface area contributed by atoms with E-state index >= 15 is 0 Å². The minimum atomic E-state index is 0.882. The smallest absolute Gasteiger partial charge is 0.143 e. The standard InChI is InChI=1S/C60H40N2O/c1-2-17-41(18-3-1)42-33-35-43(36-34-42)46-19-4-10-27-54(46)61(56-29-12-8-23-50(56)52-25-16-26-53-51-24-9-15-32-59(51)63-60(52)53)45-39-37-44(38-40-45)47-20-5-11-28-55(47)62-57-30-13-6-21-48(57)49-22-7-14-31-58(49)62/h1-40H. The highest BCUT2D eigenvalue weighted by Gasteiger charge is 2.23. The Hall–Kier alpha value is -8.40. The fourth-order valence-corrected chi connectivity index (χ4v) is 9.53. The lowest BCUT2D eigenvalue weighted by Crippen LogP contribution is -2.12. The van der Waals surface area contributed by atoms with Crippen molar-refractivity contribution in [1.29, 1.82) is 0 Å². The molecule has 63 heavy (non-hydrogen) atoms. The van der Waals surface area contributed by atoms with Gasteiger partial charge in [-0.2, -0.15) is 0 Å². The van der Waals surface area contributed by atoms with Gasteiger partial charge in [0.1, 0.15) is 11.2 Å². The van der Waals surface area contributed by atoms with Crippen molar-refractivity contribution in [3.8, 4) is 50.2 Å². The summed E-state index contributed by atoms with van der Waals surface area (Å²) < 4.78 is 9.08. The van der Waals surface area contributed by atoms with Crippen LogP contribution >= 0.6 is 0 Å². The predicted octanol–water partition coefficient (Wildman–Crippen LogP) is 16.8. The Morgan fingerprint density at radius 3 is 1.51 bits per heavy atom. The maximum atomic E-state index is 6.66. The van der Waals surface area contributed by atoms with Gasteiger partial charge in [0.25, 0.3) is 0 Å². The van der Waals surface area contributed by atoms with Crippen LogP contribution in [0.5, 0.6) is 0 Å². The summed E-state index contributed by atoms with van der Waals surface area (Å²) in [6.07, 6.45) is 0. The molecule has 0 aliphatic heterocycles. The molecule has 0 spiro atoms. The Kier molecular flexibility index (Phi) is 8.83. The highest BCUT2D eigenvalue weighted by atomic mass is 16.3. The third kappa shape index (κ3) is 6.21. The Balaban J connectivity index is 1.04. The lowest BCUT2D eigenvalue weighted by atomic mass is 9.96. The number of para-hydroxylation sites is 7. The van der Waals surface area contributed by atoms with Gasteiger partial charge in [-0.25, -0.2) is 0 Å². The van der Waals surface area contributed by atoms with Crippen LogP contribution in [-0.2, 0) is 0 Å². The van der Waals surface area contributed by atoms with Crippen molar-refractivity contribution in [3.63, 3.8) is 0 Å². The molecule has 296 valence electrons. The second-order valence-corrected chi connectivity index (χ2v) is 16.0. The van der Waals surface area contributed by atoms with E-state index in [1.807, 2.05) is 6.07 Å². The predicted molar refractivity (Wildman–Crippen MR) is 264 cm³/mol. The van der Waals surface area contributed by atoms with Gasteiger partial charge in [-0.05, 0) is 70.8 Å². The highest BCUT2D eigenvalue weighted by Crippen LogP contribution is 2.47. The summed E-state index contributed by atoms with van der Waals surface area (Å²) in [6, 6.07) is 87.0. The minimum absolute atomic E-state index is 0.882. The van der Waals surface area contributed by atoms with Crippen molar-refractivity contribution >= 4 is 60.8 Å². The molecule has 0 amide bonds. The molecular weight excluding hydrogens is 765 g/mol. The highest BCUT2D eigenvalue weighted by molar-refractivity contribution is 6.12. The van der Waals surface area contributed by atoms with Gasteiger partial charge in [0.05, 0.1) is 28.1 Å². The van der Waals surface area contributed by atoms with Gasteiger partial charge in [0, 0.05) is 49.5 Å². The van der Waals surface area contributed by atoms with Gasteiger partial charge in [-0.15, -0.1) is 0 Å². The zero-order valence-corrected chi connectivity index (χ0v) is 34.4. The summed E-state index contributed by atoms with van der Waals surface area (Å²) in [4.78, 5) is 2.42. The van der Waals surface area contributed by atoms with Crippen molar-refractivity contribution in [1.82, 2.24) is 4.57 Å². The van der Waals surface area contributed by atoms with Crippen LogP contribution in [0.3, 0.4) is 0 Å². The molecule has 0 unspecified atom stereocenters. The molecule has 0 saturated heterocycles. The van der Waals surface area contributed by atoms with Crippen LogP contribution in [0.1, 0.15) is 0 Å². The average Bonchev–Trinajstić information content (AvgIpc) is 3.91. The lowest BCUT2D eigenvalue weighted by Gasteiger charge is -2.30. The number of hydrogen-bond donors (Lipinski definition) is 0. The average molecular weight is 805 g/mol. The molecule has 0 N–H and O–H groups in total. The van der Waals surface area contributed by atoms with Crippen molar-refractivity contribution in [3.05, 3.63) is 243 Å². The van der Waals surface area contributed by atoms with E-state index in [1.54, 1.807) is 0 Å². The first kappa shape index (κ1) is 36.5. The van der Waals surface area contributed by atoms with Crippen LogP contribution in [0.2, 0.25) is 0 Å². The first-order valence-electron chi connectivity index (χ1n) is 21.5. The summed E-state index contributed by atoms with van der Waals surface area (Å²) >= 11 is 0. The fraction of sp³-hybridized carbons (Fsp3) is 0. The molecule has 12 rings (SSSR count). The van der Waals surface area contributed by atoms with Gasteiger partial charge < -0.3 is 13.9 Å². The van der Waals surface area contributed by atoms with E-state index < -0.39 is 0 Å². The number of fused-ring (bicyclic) bond motifs is 6. The fourth-order valence-electron chi connectivity index (χ4n) is 9.53. The van der Waals surface area contributed by atoms with E-state index in [0.717, 1.165) is 78.1 Å². The maximum Gasteiger partial charge on any atom is 0.143 e. The van der Waals surface area contributed by atoms with Gasteiger partial charge >= 0.3 is 0 Å². The molecule has 0 fully saturated rings. The second-order valence-electron chi connectivity index (χ2n) is 16.0. The van der Waals surface area contributed by atoms with Crippen LogP contribution in [0.4, 0.5) is 17.1 Å². The maximum absolute atomic E-state index is 6.66. The molecule has 2 heterocycles. The first-order valence-corrected chi connectivity index (χ1v) is 21.5. The second kappa shape index (κ2) is 15.3. The molecule has 12 aromatic rings. The SMILES string of the molecule is c1ccc(-c2ccc(-c3ccccc3N(c3ccc(-c4ccccc4-n4c5ccccc5c5ccccc54)cc3)c3ccccc3-c3cccc4c3oc3ccccc34)cc2)cc1. The number of furan rings is 1. The molecule has 2 aromatic heterocycles. The van der Waals surface area contributed by atoms with Crippen LogP contribution in [0.15, 0.2) is 247 Å². The van der Waals surface area contributed by atoms with E-state index in [-0.39, 0.29) is 0 Å². The zero-order chi connectivity index (χ0) is 41.7. The summed E-state index contributed by atoms with van der Waals surface area (Å²) in [5.41, 5.74) is 17.6. The topological polar surface area (TPSA) is 21.3 Å². The lowest BCUT2D eigenvalue weighted by molar-refractivity contribution is 0.670. The van der Waals surface area contributed by atoms with Crippen LogP contribution in [-0.4, -0.2) is 4.57 Å². The van der Waals surface area contributed by atoms with Crippen LogP contribution < -0.4 is 4.90 Å². The van der Waals surface area contributed by atoms with E-state index in [4.69, 9.17) is 4.42 Å². The molecule has 0 atom stereocenters. The van der Waals surface area contributed by atoms with Gasteiger partial charge in [-0.1, -0.05) is 194 Å². The molecule has 3 nitrogen and oxygen atoms in total. The van der Waals surface area contributed by atoms with Crippen molar-refractivity contribution < 1.29 is 4.42 Å². The number of rotatable bonds is 8. The minimum Gasteiger partial charge on any atom is -0.455 e. The number of aromatic nitrogens is 1. The molecule has 0 saturated carbocycles. The molecular formula is C60H40N2O. The van der Waals surface area contributed by atoms with E-state index in [9.17, 15) is 0 Å². The first-order chi connectivity index (χ1) is 31.3. The Bertz CT molecular complexity index is 3560. The molecule has 0 aliphatic carbocycles.